The molecule has 76 heavy (non-hydrogen) atoms. The molecule has 7 unspecified atom stereocenters. The summed E-state index contributed by atoms with van der Waals surface area (Å²) < 4.78 is 16.7. The highest BCUT2D eigenvalue weighted by molar-refractivity contribution is 5.76. The molecule has 0 bridgehead atoms. The fourth-order valence-electron chi connectivity index (χ4n) is 9.06. The number of amides is 1. The summed E-state index contributed by atoms with van der Waals surface area (Å²) in [5, 5.41) is 54.2. The molecule has 1 rings (SSSR count). The number of carbonyl (C=O) groups is 2. The first kappa shape index (κ1) is 70.9. The van der Waals surface area contributed by atoms with E-state index in [-0.39, 0.29) is 18.5 Å². The van der Waals surface area contributed by atoms with Gasteiger partial charge in [-0.25, -0.2) is 0 Å². The maximum atomic E-state index is 13.0. The van der Waals surface area contributed by atoms with E-state index < -0.39 is 49.5 Å². The quantitative estimate of drug-likeness (QED) is 0.0195. The minimum absolute atomic E-state index is 0.0208. The van der Waals surface area contributed by atoms with Crippen molar-refractivity contribution in [2.24, 2.45) is 0 Å². The van der Waals surface area contributed by atoms with Crippen molar-refractivity contribution in [1.29, 1.82) is 0 Å². The largest absolute Gasteiger partial charge is 0.466 e. The summed E-state index contributed by atoms with van der Waals surface area (Å²) in [6.07, 6.45) is 62.7. The van der Waals surface area contributed by atoms with E-state index in [1.807, 2.05) is 6.08 Å². The highest BCUT2D eigenvalue weighted by atomic mass is 16.7. The maximum Gasteiger partial charge on any atom is 0.305 e. The van der Waals surface area contributed by atoms with E-state index in [0.29, 0.717) is 25.9 Å². The summed E-state index contributed by atoms with van der Waals surface area (Å²) >= 11 is 0. The predicted molar refractivity (Wildman–Crippen MR) is 315 cm³/mol. The highest BCUT2D eigenvalue weighted by Crippen LogP contribution is 2.23. The fraction of sp³-hybridized carbons (Fsp3) is 0.754. The molecule has 0 aromatic heterocycles. The molecular formula is C65H113NO10. The number of carbonyl (C=O) groups excluding carboxylic acids is 2. The van der Waals surface area contributed by atoms with Crippen molar-refractivity contribution < 1.29 is 49.3 Å². The number of esters is 1. The van der Waals surface area contributed by atoms with Crippen LogP contribution in [0.3, 0.4) is 0 Å². The number of aliphatic hydroxyl groups excluding tert-OH is 5. The molecular weight excluding hydrogens is 955 g/mol. The van der Waals surface area contributed by atoms with Crippen LogP contribution in [0, 0.1) is 0 Å². The third kappa shape index (κ3) is 42.8. The van der Waals surface area contributed by atoms with E-state index in [1.165, 1.54) is 109 Å². The monoisotopic (exact) mass is 1070 g/mol. The van der Waals surface area contributed by atoms with Crippen molar-refractivity contribution in [3.8, 4) is 0 Å². The number of unbranched alkanes of at least 4 members (excludes halogenated alkanes) is 26. The van der Waals surface area contributed by atoms with Crippen molar-refractivity contribution in [3.05, 3.63) is 85.1 Å². The molecule has 0 aliphatic carbocycles. The van der Waals surface area contributed by atoms with Gasteiger partial charge >= 0.3 is 5.97 Å². The van der Waals surface area contributed by atoms with Gasteiger partial charge in [0.15, 0.2) is 6.29 Å². The Labute approximate surface area is 463 Å². The summed E-state index contributed by atoms with van der Waals surface area (Å²) in [6.45, 7) is 4.14. The molecule has 1 aliphatic heterocycles. The van der Waals surface area contributed by atoms with Gasteiger partial charge in [-0.2, -0.15) is 0 Å². The minimum atomic E-state index is -1.58. The Morgan fingerprint density at radius 3 is 1.43 bits per heavy atom. The lowest BCUT2D eigenvalue weighted by Crippen LogP contribution is -2.60. The molecule has 0 spiro atoms. The van der Waals surface area contributed by atoms with Gasteiger partial charge in [-0.3, -0.25) is 9.59 Å². The molecule has 1 amide bonds. The number of aliphatic hydroxyl groups is 5. The van der Waals surface area contributed by atoms with Crippen LogP contribution in [0.4, 0.5) is 0 Å². The van der Waals surface area contributed by atoms with Crippen LogP contribution in [0.5, 0.6) is 0 Å². The van der Waals surface area contributed by atoms with Crippen LogP contribution in [0.15, 0.2) is 85.1 Å². The average molecular weight is 1070 g/mol. The molecule has 7 atom stereocenters. The average Bonchev–Trinajstić information content (AvgIpc) is 3.42. The topological polar surface area (TPSA) is 175 Å². The zero-order valence-corrected chi connectivity index (χ0v) is 48.2. The van der Waals surface area contributed by atoms with Crippen LogP contribution in [-0.4, -0.2) is 100 Å². The van der Waals surface area contributed by atoms with Gasteiger partial charge in [0.1, 0.15) is 24.4 Å². The third-order valence-electron chi connectivity index (χ3n) is 13.9. The zero-order valence-electron chi connectivity index (χ0n) is 48.2. The second kappa shape index (κ2) is 53.8. The lowest BCUT2D eigenvalue weighted by Gasteiger charge is -2.40. The van der Waals surface area contributed by atoms with Crippen LogP contribution in [0.25, 0.3) is 0 Å². The Balaban J connectivity index is 2.04. The van der Waals surface area contributed by atoms with Crippen molar-refractivity contribution in [2.75, 3.05) is 19.8 Å². The van der Waals surface area contributed by atoms with Crippen molar-refractivity contribution in [1.82, 2.24) is 5.32 Å². The second-order valence-corrected chi connectivity index (χ2v) is 21.0. The molecule has 0 saturated carbocycles. The van der Waals surface area contributed by atoms with Gasteiger partial charge in [0.2, 0.25) is 5.91 Å². The van der Waals surface area contributed by atoms with E-state index in [2.05, 4.69) is 92.1 Å². The molecule has 1 aliphatic rings. The van der Waals surface area contributed by atoms with Gasteiger partial charge in [-0.1, -0.05) is 208 Å². The lowest BCUT2D eigenvalue weighted by atomic mass is 9.99. The van der Waals surface area contributed by atoms with Gasteiger partial charge in [0.25, 0.3) is 0 Å². The molecule has 1 fully saturated rings. The fourth-order valence-corrected chi connectivity index (χ4v) is 9.06. The van der Waals surface area contributed by atoms with Gasteiger partial charge < -0.3 is 45.1 Å². The molecule has 0 radical (unpaired) electrons. The van der Waals surface area contributed by atoms with Gasteiger partial charge in [0.05, 0.1) is 32.0 Å². The first-order valence-electron chi connectivity index (χ1n) is 30.9. The van der Waals surface area contributed by atoms with Crippen LogP contribution >= 0.6 is 0 Å². The van der Waals surface area contributed by atoms with Gasteiger partial charge in [-0.05, 0) is 116 Å². The van der Waals surface area contributed by atoms with Gasteiger partial charge in [-0.15, -0.1) is 0 Å². The van der Waals surface area contributed by atoms with E-state index >= 15 is 0 Å². The number of hydrogen-bond acceptors (Lipinski definition) is 10. The van der Waals surface area contributed by atoms with Crippen molar-refractivity contribution in [3.63, 3.8) is 0 Å². The number of nitrogens with one attached hydrogen (secondary N) is 1. The predicted octanol–water partition coefficient (Wildman–Crippen LogP) is 14.6. The SMILES string of the molecule is CC/C=C/CC/C=C/CC/C=C/C(O)C(COC1OC(CO)C(O)C(O)C1O)NC(=O)CCCCCCCCC/C=C\C/C=C\CCCCCCCCCCCOC(=O)CCCCCCC/C=C\C/C=C\CCCCC. The Kier molecular flexibility index (Phi) is 50.2. The highest BCUT2D eigenvalue weighted by Gasteiger charge is 2.44. The maximum absolute atomic E-state index is 13.0. The van der Waals surface area contributed by atoms with E-state index in [4.69, 9.17) is 14.2 Å². The Morgan fingerprint density at radius 1 is 0.500 bits per heavy atom. The number of rotatable bonds is 52. The summed E-state index contributed by atoms with van der Waals surface area (Å²) in [5.41, 5.74) is 0. The van der Waals surface area contributed by atoms with Crippen molar-refractivity contribution in [2.45, 2.75) is 294 Å². The smallest absolute Gasteiger partial charge is 0.305 e. The lowest BCUT2D eigenvalue weighted by molar-refractivity contribution is -0.302. The first-order valence-corrected chi connectivity index (χ1v) is 30.9. The summed E-state index contributed by atoms with van der Waals surface area (Å²) in [4.78, 5) is 25.1. The second-order valence-electron chi connectivity index (χ2n) is 21.0. The van der Waals surface area contributed by atoms with Crippen LogP contribution < -0.4 is 5.32 Å². The Morgan fingerprint density at radius 2 is 0.934 bits per heavy atom. The molecule has 1 heterocycles. The molecule has 438 valence electrons. The molecule has 11 heteroatoms. The van der Waals surface area contributed by atoms with E-state index in [0.717, 1.165) is 109 Å². The normalized spacial score (nSPS) is 19.3. The molecule has 11 nitrogen and oxygen atoms in total. The molecule has 0 aromatic carbocycles. The Bertz CT molecular complexity index is 1540. The standard InChI is InChI=1S/C65H113NO10/c1-3-5-7-9-11-13-15-16-26-30-33-37-41-45-49-53-61(70)74-54-50-46-42-38-34-31-28-25-23-21-19-17-18-20-22-24-27-29-32-36-40-44-48-52-60(69)66-57(56-75-65-64(73)63(72)62(71)59(55-67)76-65)58(68)51-47-43-39-35-14-12-10-8-6-4-2/h6,8,11,13-14,16-17,19-20,22,26,35,47,51,57-59,62-65,67-68,71-73H,3-5,7,9-10,12,15,18,21,23-25,27-34,36-46,48-50,52-56H2,1-2H3,(H,66,69)/b8-6+,13-11-,19-17-,22-20-,26-16-,35-14+,51-47+. The minimum Gasteiger partial charge on any atom is -0.466 e. The molecule has 6 N–H and O–H groups in total. The van der Waals surface area contributed by atoms with Crippen LogP contribution in [0.1, 0.15) is 251 Å². The van der Waals surface area contributed by atoms with Crippen LogP contribution in [-0.2, 0) is 23.8 Å². The first-order chi connectivity index (χ1) is 37.2. The summed E-state index contributed by atoms with van der Waals surface area (Å²) in [7, 11) is 0. The van der Waals surface area contributed by atoms with Crippen LogP contribution in [0.2, 0.25) is 0 Å². The number of hydrogen-bond donors (Lipinski definition) is 6. The molecule has 1 saturated heterocycles. The number of ether oxygens (including phenoxy) is 3. The van der Waals surface area contributed by atoms with E-state index in [1.54, 1.807) is 6.08 Å². The van der Waals surface area contributed by atoms with E-state index in [9.17, 15) is 35.1 Å². The zero-order chi connectivity index (χ0) is 55.2. The third-order valence-corrected chi connectivity index (χ3v) is 13.9. The Hall–Kier alpha value is -3.16. The van der Waals surface area contributed by atoms with Crippen molar-refractivity contribution >= 4 is 11.9 Å². The summed E-state index contributed by atoms with van der Waals surface area (Å²) in [5.74, 6) is -0.232. The summed E-state index contributed by atoms with van der Waals surface area (Å²) in [6, 6.07) is -0.843. The number of allylic oxidation sites excluding steroid dienone is 13. The van der Waals surface area contributed by atoms with Gasteiger partial charge in [0, 0.05) is 12.8 Å². The molecule has 0 aromatic rings.